The molecular formula is C18H20Cl2N2O. The van der Waals surface area contributed by atoms with Crippen molar-refractivity contribution in [2.75, 3.05) is 6.54 Å². The zero-order valence-electron chi connectivity index (χ0n) is 13.0. The third kappa shape index (κ3) is 3.86. The van der Waals surface area contributed by atoms with Crippen LogP contribution in [0.5, 0.6) is 0 Å². The third-order valence-corrected chi connectivity index (χ3v) is 4.44. The Labute approximate surface area is 148 Å². The van der Waals surface area contributed by atoms with Gasteiger partial charge in [-0.05, 0) is 41.8 Å². The van der Waals surface area contributed by atoms with Gasteiger partial charge in [0.1, 0.15) is 0 Å². The van der Waals surface area contributed by atoms with Crippen molar-refractivity contribution in [1.82, 2.24) is 10.2 Å². The number of carbonyl (C=O) groups excluding carboxylic acids is 1. The van der Waals surface area contributed by atoms with E-state index in [-0.39, 0.29) is 18.3 Å². The predicted octanol–water partition coefficient (Wildman–Crippen LogP) is 4.03. The van der Waals surface area contributed by atoms with Gasteiger partial charge in [0.2, 0.25) is 0 Å². The van der Waals surface area contributed by atoms with E-state index >= 15 is 0 Å². The minimum atomic E-state index is 0. The first-order valence-corrected chi connectivity index (χ1v) is 7.92. The number of fused-ring (bicyclic) bond motifs is 1. The summed E-state index contributed by atoms with van der Waals surface area (Å²) in [5, 5.41) is 4.00. The van der Waals surface area contributed by atoms with Crippen molar-refractivity contribution in [2.24, 2.45) is 0 Å². The highest BCUT2D eigenvalue weighted by Crippen LogP contribution is 2.21. The monoisotopic (exact) mass is 350 g/mol. The minimum absolute atomic E-state index is 0. The first kappa shape index (κ1) is 17.8. The summed E-state index contributed by atoms with van der Waals surface area (Å²) in [7, 11) is 0. The molecule has 1 heterocycles. The molecule has 0 atom stereocenters. The van der Waals surface area contributed by atoms with Crippen LogP contribution < -0.4 is 5.32 Å². The Morgan fingerprint density at radius 3 is 2.65 bits per heavy atom. The number of rotatable bonds is 4. The lowest BCUT2D eigenvalue weighted by molar-refractivity contribution is 0.0752. The summed E-state index contributed by atoms with van der Waals surface area (Å²) in [5.41, 5.74) is 4.23. The molecule has 0 aromatic heterocycles. The molecule has 1 aliphatic heterocycles. The van der Waals surface area contributed by atoms with E-state index in [2.05, 4.69) is 5.32 Å². The van der Waals surface area contributed by atoms with E-state index in [1.54, 1.807) is 0 Å². The lowest BCUT2D eigenvalue weighted by Crippen LogP contribution is -2.30. The molecular weight excluding hydrogens is 331 g/mol. The highest BCUT2D eigenvalue weighted by atomic mass is 35.5. The fraction of sp³-hybridized carbons (Fsp3) is 0.278. The van der Waals surface area contributed by atoms with Crippen LogP contribution in [0.2, 0.25) is 5.02 Å². The number of carbonyl (C=O) groups is 1. The molecule has 0 saturated heterocycles. The van der Waals surface area contributed by atoms with Crippen molar-refractivity contribution in [1.29, 1.82) is 0 Å². The second-order valence-electron chi connectivity index (χ2n) is 5.50. The quantitative estimate of drug-likeness (QED) is 0.902. The lowest BCUT2D eigenvalue weighted by Gasteiger charge is -2.22. The normalized spacial score (nSPS) is 12.4. The Morgan fingerprint density at radius 1 is 1.17 bits per heavy atom. The molecule has 0 saturated carbocycles. The van der Waals surface area contributed by atoms with Gasteiger partial charge in [-0.3, -0.25) is 4.79 Å². The van der Waals surface area contributed by atoms with Gasteiger partial charge in [0.05, 0.1) is 0 Å². The number of amides is 1. The summed E-state index contributed by atoms with van der Waals surface area (Å²) < 4.78 is 0. The van der Waals surface area contributed by atoms with Crippen molar-refractivity contribution in [3.8, 4) is 0 Å². The summed E-state index contributed by atoms with van der Waals surface area (Å²) in [5.74, 6) is 0.0529. The maximum Gasteiger partial charge on any atom is 0.254 e. The fourth-order valence-electron chi connectivity index (χ4n) is 2.77. The van der Waals surface area contributed by atoms with E-state index in [1.807, 2.05) is 54.3 Å². The van der Waals surface area contributed by atoms with Crippen molar-refractivity contribution in [3.63, 3.8) is 0 Å². The molecule has 3 nitrogen and oxygen atoms in total. The molecule has 23 heavy (non-hydrogen) atoms. The molecule has 1 N–H and O–H groups in total. The number of hydrogen-bond donors (Lipinski definition) is 1. The van der Waals surface area contributed by atoms with E-state index < -0.39 is 0 Å². The summed E-state index contributed by atoms with van der Waals surface area (Å²) in [6.07, 6.45) is 0. The molecule has 1 aliphatic rings. The van der Waals surface area contributed by atoms with Crippen LogP contribution >= 0.6 is 24.0 Å². The average molecular weight is 351 g/mol. The van der Waals surface area contributed by atoms with E-state index in [0.29, 0.717) is 18.1 Å². The SMILES string of the molecule is CCN(Cc1ccccc1Cl)C(=O)c1ccc2c(c1)CNC2.Cl. The van der Waals surface area contributed by atoms with Gasteiger partial charge in [-0.2, -0.15) is 0 Å². The van der Waals surface area contributed by atoms with Crippen molar-refractivity contribution >= 4 is 29.9 Å². The Hall–Kier alpha value is -1.55. The van der Waals surface area contributed by atoms with Crippen molar-refractivity contribution in [2.45, 2.75) is 26.6 Å². The van der Waals surface area contributed by atoms with Crippen LogP contribution in [0.25, 0.3) is 0 Å². The summed E-state index contributed by atoms with van der Waals surface area (Å²) in [6, 6.07) is 13.6. The number of halogens is 2. The molecule has 0 fully saturated rings. The standard InChI is InChI=1S/C18H19ClN2O.ClH/c1-2-21(12-15-5-3-4-6-17(15)19)18(22)13-7-8-14-10-20-11-16(14)9-13;/h3-9,20H,2,10-12H2,1H3;1H. The maximum absolute atomic E-state index is 12.8. The summed E-state index contributed by atoms with van der Waals surface area (Å²) in [6.45, 7) is 4.90. The highest BCUT2D eigenvalue weighted by Gasteiger charge is 2.18. The van der Waals surface area contributed by atoms with Crippen LogP contribution in [0.15, 0.2) is 42.5 Å². The van der Waals surface area contributed by atoms with Crippen LogP contribution in [0.1, 0.15) is 34.0 Å². The first-order valence-electron chi connectivity index (χ1n) is 7.54. The van der Waals surface area contributed by atoms with Crippen LogP contribution in [-0.2, 0) is 19.6 Å². The number of hydrogen-bond acceptors (Lipinski definition) is 2. The Balaban J connectivity index is 0.00000192. The molecule has 0 aliphatic carbocycles. The molecule has 2 aromatic carbocycles. The maximum atomic E-state index is 12.8. The van der Waals surface area contributed by atoms with Crippen LogP contribution in [-0.4, -0.2) is 17.4 Å². The molecule has 0 unspecified atom stereocenters. The predicted molar refractivity (Wildman–Crippen MR) is 96.1 cm³/mol. The van der Waals surface area contributed by atoms with Crippen LogP contribution in [0.4, 0.5) is 0 Å². The summed E-state index contributed by atoms with van der Waals surface area (Å²) in [4.78, 5) is 14.6. The third-order valence-electron chi connectivity index (χ3n) is 4.07. The second kappa shape index (κ2) is 7.82. The first-order chi connectivity index (χ1) is 10.7. The van der Waals surface area contributed by atoms with Gasteiger partial charge >= 0.3 is 0 Å². The highest BCUT2D eigenvalue weighted by molar-refractivity contribution is 6.31. The smallest absolute Gasteiger partial charge is 0.254 e. The van der Waals surface area contributed by atoms with Gasteiger partial charge in [0.15, 0.2) is 0 Å². The number of nitrogens with one attached hydrogen (secondary N) is 1. The Morgan fingerprint density at radius 2 is 1.91 bits per heavy atom. The lowest BCUT2D eigenvalue weighted by atomic mass is 10.1. The zero-order chi connectivity index (χ0) is 15.5. The molecule has 0 radical (unpaired) electrons. The van der Waals surface area contributed by atoms with Gasteiger partial charge < -0.3 is 10.2 Å². The van der Waals surface area contributed by atoms with E-state index in [4.69, 9.17) is 11.6 Å². The summed E-state index contributed by atoms with van der Waals surface area (Å²) >= 11 is 6.21. The van der Waals surface area contributed by atoms with Gasteiger partial charge in [-0.25, -0.2) is 0 Å². The van der Waals surface area contributed by atoms with E-state index in [9.17, 15) is 4.79 Å². The van der Waals surface area contributed by atoms with Crippen LogP contribution in [0, 0.1) is 0 Å². The van der Waals surface area contributed by atoms with Gasteiger partial charge in [-0.15, -0.1) is 12.4 Å². The Kier molecular flexibility index (Phi) is 6.05. The fourth-order valence-corrected chi connectivity index (χ4v) is 2.97. The molecule has 1 amide bonds. The topological polar surface area (TPSA) is 32.3 Å². The second-order valence-corrected chi connectivity index (χ2v) is 5.90. The molecule has 0 spiro atoms. The molecule has 5 heteroatoms. The number of benzene rings is 2. The average Bonchev–Trinajstić information content (AvgIpc) is 3.01. The van der Waals surface area contributed by atoms with Crippen molar-refractivity contribution in [3.05, 3.63) is 69.7 Å². The molecule has 2 aromatic rings. The molecule has 122 valence electrons. The Bertz CT molecular complexity index is 703. The largest absolute Gasteiger partial charge is 0.335 e. The minimum Gasteiger partial charge on any atom is -0.335 e. The molecule has 0 bridgehead atoms. The van der Waals surface area contributed by atoms with Gasteiger partial charge in [0.25, 0.3) is 5.91 Å². The molecule has 3 rings (SSSR count). The number of nitrogens with zero attached hydrogens (tertiary/aromatic N) is 1. The van der Waals surface area contributed by atoms with E-state index in [0.717, 1.165) is 24.2 Å². The van der Waals surface area contributed by atoms with Gasteiger partial charge in [0, 0.05) is 36.8 Å². The van der Waals surface area contributed by atoms with E-state index in [1.165, 1.54) is 11.1 Å². The zero-order valence-corrected chi connectivity index (χ0v) is 14.6. The van der Waals surface area contributed by atoms with Crippen molar-refractivity contribution < 1.29 is 4.79 Å². The van der Waals surface area contributed by atoms with Gasteiger partial charge in [-0.1, -0.05) is 35.9 Å². The van der Waals surface area contributed by atoms with Crippen LogP contribution in [0.3, 0.4) is 0 Å².